The lowest BCUT2D eigenvalue weighted by atomic mass is 10.2. The van der Waals surface area contributed by atoms with Crippen molar-refractivity contribution in [1.29, 1.82) is 0 Å². The minimum absolute atomic E-state index is 0.153. The van der Waals surface area contributed by atoms with Crippen molar-refractivity contribution in [3.05, 3.63) is 62.5 Å². The lowest BCUT2D eigenvalue weighted by molar-refractivity contribution is 0.0955. The number of amides is 1. The van der Waals surface area contributed by atoms with Crippen LogP contribution in [0.5, 0.6) is 5.75 Å². The quantitative estimate of drug-likeness (QED) is 0.612. The second-order valence-electron chi connectivity index (χ2n) is 3.92. The lowest BCUT2D eigenvalue weighted by Gasteiger charge is -2.01. The smallest absolute Gasteiger partial charge is 0.271 e. The van der Waals surface area contributed by atoms with Gasteiger partial charge in [0.1, 0.15) is 5.75 Å². The molecule has 6 heteroatoms. The fourth-order valence-corrected chi connectivity index (χ4v) is 2.26. The van der Waals surface area contributed by atoms with E-state index < -0.39 is 0 Å². The van der Waals surface area contributed by atoms with E-state index >= 15 is 0 Å². The summed E-state index contributed by atoms with van der Waals surface area (Å²) >= 11 is 6.51. The van der Waals surface area contributed by atoms with Crippen LogP contribution >= 0.6 is 31.9 Å². The first-order valence-electron chi connectivity index (χ1n) is 5.64. The van der Waals surface area contributed by atoms with Crippen molar-refractivity contribution in [1.82, 2.24) is 5.43 Å². The summed E-state index contributed by atoms with van der Waals surface area (Å²) in [7, 11) is 0. The Balaban J connectivity index is 2.02. The molecule has 102 valence electrons. The summed E-state index contributed by atoms with van der Waals surface area (Å²) in [6, 6.07) is 12.0. The van der Waals surface area contributed by atoms with Gasteiger partial charge in [0.15, 0.2) is 0 Å². The highest BCUT2D eigenvalue weighted by Crippen LogP contribution is 2.23. The van der Waals surface area contributed by atoms with Crippen LogP contribution < -0.4 is 5.43 Å². The summed E-state index contributed by atoms with van der Waals surface area (Å²) in [5, 5.41) is 13.2. The van der Waals surface area contributed by atoms with E-state index in [0.29, 0.717) is 10.0 Å². The number of benzene rings is 2. The molecule has 0 spiro atoms. The molecule has 0 aliphatic carbocycles. The van der Waals surface area contributed by atoms with Gasteiger partial charge in [0, 0.05) is 10.0 Å². The number of aromatic hydroxyl groups is 1. The average Bonchev–Trinajstić information content (AvgIpc) is 2.42. The second-order valence-corrected chi connectivity index (χ2v) is 5.69. The number of rotatable bonds is 3. The number of phenols is 1. The molecule has 20 heavy (non-hydrogen) atoms. The number of halogens is 2. The first-order valence-corrected chi connectivity index (χ1v) is 7.22. The van der Waals surface area contributed by atoms with E-state index in [-0.39, 0.29) is 11.7 Å². The van der Waals surface area contributed by atoms with E-state index in [4.69, 9.17) is 0 Å². The van der Waals surface area contributed by atoms with Crippen LogP contribution in [0.3, 0.4) is 0 Å². The Hall–Kier alpha value is -1.66. The SMILES string of the molecule is O=C(NN=Cc1ccc(O)c(Br)c1)c1cccc(Br)c1. The Morgan fingerprint density at radius 2 is 2.00 bits per heavy atom. The van der Waals surface area contributed by atoms with Gasteiger partial charge >= 0.3 is 0 Å². The van der Waals surface area contributed by atoms with Gasteiger partial charge in [0.25, 0.3) is 5.91 Å². The largest absolute Gasteiger partial charge is 0.507 e. The monoisotopic (exact) mass is 396 g/mol. The Morgan fingerprint density at radius 1 is 1.20 bits per heavy atom. The number of phenolic OH excluding ortho intramolecular Hbond substituents is 1. The molecule has 0 bridgehead atoms. The molecular weight excluding hydrogens is 388 g/mol. The summed E-state index contributed by atoms with van der Waals surface area (Å²) in [5.74, 6) is -0.138. The highest BCUT2D eigenvalue weighted by atomic mass is 79.9. The van der Waals surface area contributed by atoms with E-state index in [1.54, 1.807) is 36.4 Å². The van der Waals surface area contributed by atoms with Gasteiger partial charge < -0.3 is 5.11 Å². The maximum atomic E-state index is 11.8. The van der Waals surface area contributed by atoms with Crippen LogP contribution in [0.1, 0.15) is 15.9 Å². The molecular formula is C14H10Br2N2O2. The van der Waals surface area contributed by atoms with Crippen molar-refractivity contribution in [3.63, 3.8) is 0 Å². The van der Waals surface area contributed by atoms with Crippen molar-refractivity contribution in [2.24, 2.45) is 5.10 Å². The van der Waals surface area contributed by atoms with Crippen LogP contribution in [0.2, 0.25) is 0 Å². The Kier molecular flexibility index (Phi) is 4.92. The number of carbonyl (C=O) groups excluding carboxylic acids is 1. The first kappa shape index (κ1) is 14.7. The van der Waals surface area contributed by atoms with Crippen molar-refractivity contribution < 1.29 is 9.90 Å². The van der Waals surface area contributed by atoms with Gasteiger partial charge in [-0.2, -0.15) is 5.10 Å². The number of nitrogens with one attached hydrogen (secondary N) is 1. The molecule has 0 saturated carbocycles. The van der Waals surface area contributed by atoms with Gasteiger partial charge in [-0.15, -0.1) is 0 Å². The highest BCUT2D eigenvalue weighted by molar-refractivity contribution is 9.10. The summed E-state index contributed by atoms with van der Waals surface area (Å²) < 4.78 is 1.40. The molecule has 0 saturated heterocycles. The van der Waals surface area contributed by atoms with E-state index in [1.807, 2.05) is 6.07 Å². The molecule has 0 atom stereocenters. The zero-order chi connectivity index (χ0) is 14.5. The summed E-state index contributed by atoms with van der Waals surface area (Å²) in [5.41, 5.74) is 3.71. The summed E-state index contributed by atoms with van der Waals surface area (Å²) in [6.07, 6.45) is 1.50. The molecule has 0 aliphatic heterocycles. The van der Waals surface area contributed by atoms with E-state index in [1.165, 1.54) is 6.21 Å². The van der Waals surface area contributed by atoms with Gasteiger partial charge in [-0.05, 0) is 57.9 Å². The Bertz CT molecular complexity index is 672. The minimum Gasteiger partial charge on any atom is -0.507 e. The van der Waals surface area contributed by atoms with E-state index in [2.05, 4.69) is 42.4 Å². The van der Waals surface area contributed by atoms with Gasteiger partial charge in [0.2, 0.25) is 0 Å². The lowest BCUT2D eigenvalue weighted by Crippen LogP contribution is -2.17. The van der Waals surface area contributed by atoms with Gasteiger partial charge in [-0.1, -0.05) is 22.0 Å². The number of nitrogens with zero attached hydrogens (tertiary/aromatic N) is 1. The fourth-order valence-electron chi connectivity index (χ4n) is 1.46. The molecule has 2 aromatic rings. The first-order chi connectivity index (χ1) is 9.56. The maximum absolute atomic E-state index is 11.8. The maximum Gasteiger partial charge on any atom is 0.271 e. The number of hydrazone groups is 1. The van der Waals surface area contributed by atoms with Crippen LogP contribution in [0.4, 0.5) is 0 Å². The third kappa shape index (κ3) is 3.91. The van der Waals surface area contributed by atoms with Crippen LogP contribution in [0, 0.1) is 0 Å². The number of carbonyl (C=O) groups is 1. The summed E-state index contributed by atoms with van der Waals surface area (Å²) in [4.78, 5) is 11.8. The normalized spacial score (nSPS) is 10.7. The van der Waals surface area contributed by atoms with Gasteiger partial charge in [-0.25, -0.2) is 5.43 Å². The van der Waals surface area contributed by atoms with E-state index in [0.717, 1.165) is 10.0 Å². The molecule has 2 N–H and O–H groups in total. The fraction of sp³-hybridized carbons (Fsp3) is 0. The molecule has 0 radical (unpaired) electrons. The van der Waals surface area contributed by atoms with Crippen molar-refractivity contribution in [2.75, 3.05) is 0 Å². The molecule has 0 aliphatic rings. The zero-order valence-corrected chi connectivity index (χ0v) is 13.3. The van der Waals surface area contributed by atoms with Crippen molar-refractivity contribution in [2.45, 2.75) is 0 Å². The molecule has 2 rings (SSSR count). The van der Waals surface area contributed by atoms with Crippen LogP contribution in [0.15, 0.2) is 56.5 Å². The third-order valence-electron chi connectivity index (χ3n) is 2.44. The minimum atomic E-state index is -0.291. The van der Waals surface area contributed by atoms with Crippen LogP contribution in [-0.2, 0) is 0 Å². The molecule has 1 amide bonds. The molecule has 0 aromatic heterocycles. The summed E-state index contributed by atoms with van der Waals surface area (Å²) in [6.45, 7) is 0. The Labute approximate surface area is 132 Å². The second kappa shape index (κ2) is 6.67. The van der Waals surface area contributed by atoms with Crippen molar-refractivity contribution in [3.8, 4) is 5.75 Å². The zero-order valence-electron chi connectivity index (χ0n) is 10.2. The predicted octanol–water partition coefficient (Wildman–Crippen LogP) is 3.68. The number of hydrogen-bond donors (Lipinski definition) is 2. The van der Waals surface area contributed by atoms with E-state index in [9.17, 15) is 9.90 Å². The predicted molar refractivity (Wildman–Crippen MR) is 85.0 cm³/mol. The highest BCUT2D eigenvalue weighted by Gasteiger charge is 2.03. The molecule has 2 aromatic carbocycles. The van der Waals surface area contributed by atoms with Crippen molar-refractivity contribution >= 4 is 44.0 Å². The average molecular weight is 398 g/mol. The van der Waals surface area contributed by atoms with Gasteiger partial charge in [-0.3, -0.25) is 4.79 Å². The third-order valence-corrected chi connectivity index (χ3v) is 3.57. The topological polar surface area (TPSA) is 61.7 Å². The van der Waals surface area contributed by atoms with Crippen LogP contribution in [0.25, 0.3) is 0 Å². The molecule has 0 heterocycles. The number of hydrogen-bond acceptors (Lipinski definition) is 3. The van der Waals surface area contributed by atoms with Gasteiger partial charge in [0.05, 0.1) is 10.7 Å². The van der Waals surface area contributed by atoms with Crippen LogP contribution in [-0.4, -0.2) is 17.2 Å². The Morgan fingerprint density at radius 3 is 2.70 bits per heavy atom. The standard InChI is InChI=1S/C14H10Br2N2O2/c15-11-3-1-2-10(7-11)14(20)18-17-8-9-4-5-13(19)12(16)6-9/h1-8,19H,(H,18,20). The molecule has 4 nitrogen and oxygen atoms in total. The molecule has 0 unspecified atom stereocenters. The molecule has 0 fully saturated rings.